The predicted octanol–water partition coefficient (Wildman–Crippen LogP) is 5.06. The molecule has 3 aromatic carbocycles. The fourth-order valence-corrected chi connectivity index (χ4v) is 2.80. The van der Waals surface area contributed by atoms with E-state index in [1.165, 1.54) is 6.07 Å². The van der Waals surface area contributed by atoms with Crippen molar-refractivity contribution in [2.24, 2.45) is 0 Å². The Labute approximate surface area is 139 Å². The number of fused-ring (bicyclic) bond motifs is 1. The summed E-state index contributed by atoms with van der Waals surface area (Å²) in [6.45, 7) is 3.67. The molecule has 0 aliphatic rings. The second-order valence-corrected chi connectivity index (χ2v) is 5.83. The van der Waals surface area contributed by atoms with Crippen LogP contribution in [0.1, 0.15) is 24.5 Å². The van der Waals surface area contributed by atoms with Crippen molar-refractivity contribution in [2.75, 3.05) is 0 Å². The molecule has 0 amide bonds. The normalized spacial score (nSPS) is 13.7. The van der Waals surface area contributed by atoms with Gasteiger partial charge in [-0.3, -0.25) is 0 Å². The lowest BCUT2D eigenvalue weighted by atomic mass is 10.0. The molecule has 0 saturated heterocycles. The number of benzene rings is 3. The molecule has 1 unspecified atom stereocenters. The van der Waals surface area contributed by atoms with Gasteiger partial charge in [-0.1, -0.05) is 31.2 Å². The number of ether oxygens (including phenoxy) is 1. The molecule has 0 spiro atoms. The monoisotopic (exact) mass is 328 g/mol. The van der Waals surface area contributed by atoms with Crippen molar-refractivity contribution in [1.29, 1.82) is 0 Å². The maximum atomic E-state index is 13.5. The van der Waals surface area contributed by atoms with E-state index < -0.39 is 17.4 Å². The van der Waals surface area contributed by atoms with E-state index >= 15 is 0 Å². The Bertz CT molecular complexity index is 892. The van der Waals surface area contributed by atoms with E-state index in [0.717, 1.165) is 28.5 Å². The van der Waals surface area contributed by atoms with Crippen LogP contribution < -0.4 is 4.74 Å². The molecule has 4 heteroatoms. The Morgan fingerprint density at radius 2 is 1.75 bits per heavy atom. The maximum Gasteiger partial charge on any atom is 0.234 e. The van der Waals surface area contributed by atoms with Gasteiger partial charge in [-0.25, -0.2) is 8.78 Å². The molecule has 0 fully saturated rings. The van der Waals surface area contributed by atoms with Crippen LogP contribution in [-0.4, -0.2) is 5.11 Å². The van der Waals surface area contributed by atoms with Crippen LogP contribution in [0.4, 0.5) is 8.78 Å². The molecule has 3 rings (SSSR count). The van der Waals surface area contributed by atoms with Gasteiger partial charge in [0, 0.05) is 12.0 Å². The lowest BCUT2D eigenvalue weighted by molar-refractivity contribution is -0.148. The lowest BCUT2D eigenvalue weighted by Gasteiger charge is -2.29. The number of rotatable bonds is 4. The van der Waals surface area contributed by atoms with Crippen LogP contribution >= 0.6 is 0 Å². The Kier molecular flexibility index (Phi) is 4.24. The molecule has 0 aliphatic carbocycles. The van der Waals surface area contributed by atoms with E-state index in [4.69, 9.17) is 4.74 Å². The first kappa shape index (κ1) is 16.4. The molecule has 0 radical (unpaired) electrons. The van der Waals surface area contributed by atoms with Crippen molar-refractivity contribution < 1.29 is 18.6 Å². The predicted molar refractivity (Wildman–Crippen MR) is 89.9 cm³/mol. The van der Waals surface area contributed by atoms with Crippen LogP contribution in [0.25, 0.3) is 10.8 Å². The highest BCUT2D eigenvalue weighted by Crippen LogP contribution is 2.33. The minimum Gasteiger partial charge on any atom is -0.458 e. The minimum atomic E-state index is -1.73. The zero-order chi connectivity index (χ0) is 17.3. The number of aryl methyl sites for hydroxylation is 1. The van der Waals surface area contributed by atoms with Crippen LogP contribution in [0, 0.1) is 18.6 Å². The lowest BCUT2D eigenvalue weighted by Crippen LogP contribution is -2.32. The minimum absolute atomic E-state index is 0.176. The summed E-state index contributed by atoms with van der Waals surface area (Å²) in [5.41, 5.74) is 1.18. The summed E-state index contributed by atoms with van der Waals surface area (Å²) < 4.78 is 32.5. The van der Waals surface area contributed by atoms with E-state index in [1.807, 2.05) is 43.3 Å². The molecule has 0 bridgehead atoms. The molecule has 3 aromatic rings. The molecule has 0 aromatic heterocycles. The SMILES string of the molecule is CCC(O)(Oc1cc(C)c2ccccc2c1)c1ccc(F)c(F)c1. The quantitative estimate of drug-likeness (QED) is 0.678. The van der Waals surface area contributed by atoms with Gasteiger partial charge in [-0.15, -0.1) is 0 Å². The fraction of sp³-hybridized carbons (Fsp3) is 0.200. The zero-order valence-electron chi connectivity index (χ0n) is 13.5. The molecular formula is C20H18F2O2. The molecule has 0 saturated carbocycles. The van der Waals surface area contributed by atoms with Gasteiger partial charge in [0.15, 0.2) is 11.6 Å². The van der Waals surface area contributed by atoms with Crippen molar-refractivity contribution in [3.05, 3.63) is 77.4 Å². The van der Waals surface area contributed by atoms with Gasteiger partial charge in [0.2, 0.25) is 5.79 Å². The van der Waals surface area contributed by atoms with Gasteiger partial charge in [0.1, 0.15) is 5.75 Å². The summed E-state index contributed by atoms with van der Waals surface area (Å²) in [4.78, 5) is 0. The van der Waals surface area contributed by atoms with Crippen molar-refractivity contribution >= 4 is 10.8 Å². The highest BCUT2D eigenvalue weighted by molar-refractivity contribution is 5.86. The van der Waals surface area contributed by atoms with E-state index in [-0.39, 0.29) is 12.0 Å². The number of halogens is 2. The number of hydrogen-bond donors (Lipinski definition) is 1. The van der Waals surface area contributed by atoms with Crippen molar-refractivity contribution in [1.82, 2.24) is 0 Å². The van der Waals surface area contributed by atoms with E-state index in [2.05, 4.69) is 0 Å². The molecule has 24 heavy (non-hydrogen) atoms. The number of aliphatic hydroxyl groups is 1. The van der Waals surface area contributed by atoms with Gasteiger partial charge in [0.05, 0.1) is 0 Å². The summed E-state index contributed by atoms with van der Waals surface area (Å²) in [5, 5.41) is 12.9. The second kappa shape index (κ2) is 6.21. The van der Waals surface area contributed by atoms with E-state index in [0.29, 0.717) is 5.75 Å². The van der Waals surface area contributed by atoms with Crippen LogP contribution in [0.15, 0.2) is 54.6 Å². The highest BCUT2D eigenvalue weighted by Gasteiger charge is 2.31. The van der Waals surface area contributed by atoms with Gasteiger partial charge in [-0.05, 0) is 53.6 Å². The Hall–Kier alpha value is -2.46. The topological polar surface area (TPSA) is 29.5 Å². The summed E-state index contributed by atoms with van der Waals surface area (Å²) in [6, 6.07) is 14.8. The molecule has 0 aliphatic heterocycles. The third kappa shape index (κ3) is 2.97. The summed E-state index contributed by atoms with van der Waals surface area (Å²) in [6.07, 6.45) is 0.184. The molecule has 0 heterocycles. The largest absolute Gasteiger partial charge is 0.458 e. The standard InChI is InChI=1S/C20H18F2O2/c1-3-20(23,15-8-9-18(21)19(22)12-15)24-16-10-13(2)17-7-5-4-6-14(17)11-16/h4-12,23H,3H2,1-2H3. The van der Waals surface area contributed by atoms with Crippen LogP contribution in [0.3, 0.4) is 0 Å². The molecule has 1 N–H and O–H groups in total. The van der Waals surface area contributed by atoms with Crippen LogP contribution in [0.5, 0.6) is 5.75 Å². The molecule has 1 atom stereocenters. The smallest absolute Gasteiger partial charge is 0.234 e. The average Bonchev–Trinajstić information content (AvgIpc) is 2.57. The number of hydrogen-bond acceptors (Lipinski definition) is 2. The van der Waals surface area contributed by atoms with E-state index in [1.54, 1.807) is 6.92 Å². The Morgan fingerprint density at radius 3 is 2.46 bits per heavy atom. The fourth-order valence-electron chi connectivity index (χ4n) is 2.80. The van der Waals surface area contributed by atoms with Crippen LogP contribution in [0.2, 0.25) is 0 Å². The van der Waals surface area contributed by atoms with E-state index in [9.17, 15) is 13.9 Å². The summed E-state index contributed by atoms with van der Waals surface area (Å²) in [5.74, 6) is -3.24. The summed E-state index contributed by atoms with van der Waals surface area (Å²) >= 11 is 0. The van der Waals surface area contributed by atoms with Crippen molar-refractivity contribution in [3.63, 3.8) is 0 Å². The average molecular weight is 328 g/mol. The van der Waals surface area contributed by atoms with Gasteiger partial charge in [0.25, 0.3) is 0 Å². The van der Waals surface area contributed by atoms with Gasteiger partial charge >= 0.3 is 0 Å². The maximum absolute atomic E-state index is 13.5. The Morgan fingerprint density at radius 1 is 1.00 bits per heavy atom. The zero-order valence-corrected chi connectivity index (χ0v) is 13.5. The van der Waals surface area contributed by atoms with Gasteiger partial charge in [-0.2, -0.15) is 0 Å². The van der Waals surface area contributed by atoms with Crippen LogP contribution in [-0.2, 0) is 5.79 Å². The highest BCUT2D eigenvalue weighted by atomic mass is 19.2. The second-order valence-electron chi connectivity index (χ2n) is 5.83. The molecule has 2 nitrogen and oxygen atoms in total. The third-order valence-corrected chi connectivity index (χ3v) is 4.18. The molecule has 124 valence electrons. The first-order valence-electron chi connectivity index (χ1n) is 7.79. The first-order valence-corrected chi connectivity index (χ1v) is 7.79. The van der Waals surface area contributed by atoms with Crippen molar-refractivity contribution in [3.8, 4) is 5.75 Å². The third-order valence-electron chi connectivity index (χ3n) is 4.18. The summed E-state index contributed by atoms with van der Waals surface area (Å²) in [7, 11) is 0. The Balaban J connectivity index is 2.01. The molecular weight excluding hydrogens is 310 g/mol. The first-order chi connectivity index (χ1) is 11.4. The van der Waals surface area contributed by atoms with Gasteiger partial charge < -0.3 is 9.84 Å². The van der Waals surface area contributed by atoms with Crippen molar-refractivity contribution in [2.45, 2.75) is 26.1 Å².